The summed E-state index contributed by atoms with van der Waals surface area (Å²) in [6.07, 6.45) is 1.93. The number of carbonyl (C=O) groups is 1. The van der Waals surface area contributed by atoms with Crippen molar-refractivity contribution in [2.75, 3.05) is 11.2 Å². The Bertz CT molecular complexity index is 409. The van der Waals surface area contributed by atoms with Crippen LogP contribution in [0.15, 0.2) is 12.1 Å². The molecule has 2 rings (SSSR count). The molecule has 0 aromatic heterocycles. The molecule has 0 aliphatic heterocycles. The first-order valence-corrected chi connectivity index (χ1v) is 5.50. The fourth-order valence-electron chi connectivity index (χ4n) is 1.54. The summed E-state index contributed by atoms with van der Waals surface area (Å²) in [7, 11) is 0. The molecule has 0 saturated heterocycles. The first-order chi connectivity index (χ1) is 7.61. The Morgan fingerprint density at radius 3 is 2.38 bits per heavy atom. The van der Waals surface area contributed by atoms with Crippen LogP contribution < -0.4 is 5.32 Å². The van der Waals surface area contributed by atoms with Gasteiger partial charge in [0.2, 0.25) is 5.91 Å². The standard InChI is InChI=1S/C11H10ClF2NO/c12-5-10(16)15-11-8(13)3-7(4-9(11)14)6-1-2-6/h3-4,6H,1-2,5H2,(H,15,16). The molecule has 1 aliphatic carbocycles. The lowest BCUT2D eigenvalue weighted by molar-refractivity contribution is -0.114. The lowest BCUT2D eigenvalue weighted by Gasteiger charge is -2.08. The summed E-state index contributed by atoms with van der Waals surface area (Å²) < 4.78 is 27.0. The first-order valence-electron chi connectivity index (χ1n) is 4.96. The molecule has 5 heteroatoms. The van der Waals surface area contributed by atoms with E-state index in [1.807, 2.05) is 0 Å². The van der Waals surface area contributed by atoms with Crippen molar-refractivity contribution in [3.63, 3.8) is 0 Å². The van der Waals surface area contributed by atoms with E-state index in [0.29, 0.717) is 5.56 Å². The minimum atomic E-state index is -0.750. The number of alkyl halides is 1. The summed E-state index contributed by atoms with van der Waals surface area (Å²) in [5.74, 6) is -2.19. The molecule has 1 aliphatic rings. The van der Waals surface area contributed by atoms with E-state index in [-0.39, 0.29) is 11.8 Å². The van der Waals surface area contributed by atoms with E-state index < -0.39 is 23.2 Å². The van der Waals surface area contributed by atoms with Crippen molar-refractivity contribution in [2.45, 2.75) is 18.8 Å². The highest BCUT2D eigenvalue weighted by molar-refractivity contribution is 6.29. The van der Waals surface area contributed by atoms with Crippen LogP contribution >= 0.6 is 11.6 Å². The Balaban J connectivity index is 2.27. The molecule has 2 nitrogen and oxygen atoms in total. The van der Waals surface area contributed by atoms with Gasteiger partial charge >= 0.3 is 0 Å². The number of hydrogen-bond donors (Lipinski definition) is 1. The maximum atomic E-state index is 13.5. The average molecular weight is 246 g/mol. The molecule has 0 heterocycles. The number of nitrogens with one attached hydrogen (secondary N) is 1. The van der Waals surface area contributed by atoms with Crippen molar-refractivity contribution in [1.29, 1.82) is 0 Å². The maximum Gasteiger partial charge on any atom is 0.239 e. The zero-order valence-electron chi connectivity index (χ0n) is 8.40. The Morgan fingerprint density at radius 2 is 1.94 bits per heavy atom. The molecule has 1 N–H and O–H groups in total. The quantitative estimate of drug-likeness (QED) is 0.815. The van der Waals surface area contributed by atoms with Gasteiger partial charge in [0.15, 0.2) is 0 Å². The maximum absolute atomic E-state index is 13.5. The summed E-state index contributed by atoms with van der Waals surface area (Å²) in [4.78, 5) is 10.9. The molecule has 0 unspecified atom stereocenters. The van der Waals surface area contributed by atoms with Crippen LogP contribution in [0.5, 0.6) is 0 Å². The summed E-state index contributed by atoms with van der Waals surface area (Å²) >= 11 is 5.24. The molecule has 1 aromatic rings. The summed E-state index contributed by atoms with van der Waals surface area (Å²) in [6, 6.07) is 2.54. The smallest absolute Gasteiger partial charge is 0.239 e. The number of benzene rings is 1. The highest BCUT2D eigenvalue weighted by Crippen LogP contribution is 2.41. The third-order valence-corrected chi connectivity index (χ3v) is 2.74. The van der Waals surface area contributed by atoms with E-state index in [0.717, 1.165) is 12.8 Å². The SMILES string of the molecule is O=C(CCl)Nc1c(F)cc(C2CC2)cc1F. The van der Waals surface area contributed by atoms with E-state index in [2.05, 4.69) is 5.32 Å². The number of hydrogen-bond acceptors (Lipinski definition) is 1. The van der Waals surface area contributed by atoms with E-state index >= 15 is 0 Å². The Hall–Kier alpha value is -1.16. The van der Waals surface area contributed by atoms with Crippen molar-refractivity contribution in [2.24, 2.45) is 0 Å². The fourth-order valence-corrected chi connectivity index (χ4v) is 1.60. The lowest BCUT2D eigenvalue weighted by atomic mass is 10.1. The fraction of sp³-hybridized carbons (Fsp3) is 0.364. The van der Waals surface area contributed by atoms with Gasteiger partial charge in [0.25, 0.3) is 0 Å². The number of rotatable bonds is 3. The predicted octanol–water partition coefficient (Wildman–Crippen LogP) is 3.02. The molecule has 86 valence electrons. The van der Waals surface area contributed by atoms with E-state index in [4.69, 9.17) is 11.6 Å². The molecule has 16 heavy (non-hydrogen) atoms. The first kappa shape index (κ1) is 11.3. The van der Waals surface area contributed by atoms with Crippen LogP contribution in [0.25, 0.3) is 0 Å². The summed E-state index contributed by atoms with van der Waals surface area (Å²) in [5, 5.41) is 2.09. The Kier molecular flexibility index (Phi) is 3.10. The van der Waals surface area contributed by atoms with E-state index in [1.165, 1.54) is 12.1 Å². The summed E-state index contributed by atoms with van der Waals surface area (Å²) in [5.41, 5.74) is 0.230. The second kappa shape index (κ2) is 4.37. The molecular weight excluding hydrogens is 236 g/mol. The molecular formula is C11H10ClF2NO. The molecule has 1 fully saturated rings. The van der Waals surface area contributed by atoms with Crippen molar-refractivity contribution >= 4 is 23.2 Å². The highest BCUT2D eigenvalue weighted by atomic mass is 35.5. The predicted molar refractivity (Wildman–Crippen MR) is 57.7 cm³/mol. The molecule has 0 spiro atoms. The van der Waals surface area contributed by atoms with Gasteiger partial charge in [-0.15, -0.1) is 11.6 Å². The Labute approximate surface area is 96.6 Å². The number of amides is 1. The zero-order chi connectivity index (χ0) is 11.7. The third kappa shape index (κ3) is 2.32. The van der Waals surface area contributed by atoms with Crippen LogP contribution in [-0.2, 0) is 4.79 Å². The normalized spacial score (nSPS) is 14.9. The molecule has 0 radical (unpaired) electrons. The minimum Gasteiger partial charge on any atom is -0.320 e. The monoisotopic (exact) mass is 245 g/mol. The molecule has 1 saturated carbocycles. The lowest BCUT2D eigenvalue weighted by Crippen LogP contribution is -2.15. The van der Waals surface area contributed by atoms with Gasteiger partial charge in [-0.25, -0.2) is 8.78 Å². The number of halogens is 3. The number of carbonyl (C=O) groups excluding carboxylic acids is 1. The van der Waals surface area contributed by atoms with Gasteiger partial charge in [0.05, 0.1) is 0 Å². The van der Waals surface area contributed by atoms with Crippen molar-refractivity contribution in [3.8, 4) is 0 Å². The molecule has 1 aromatic carbocycles. The van der Waals surface area contributed by atoms with Crippen molar-refractivity contribution < 1.29 is 13.6 Å². The van der Waals surface area contributed by atoms with Crippen LogP contribution in [-0.4, -0.2) is 11.8 Å². The van der Waals surface area contributed by atoms with Gasteiger partial charge in [-0.2, -0.15) is 0 Å². The average Bonchev–Trinajstić information content (AvgIpc) is 3.06. The van der Waals surface area contributed by atoms with Crippen LogP contribution in [0, 0.1) is 11.6 Å². The second-order valence-electron chi connectivity index (χ2n) is 3.82. The number of anilines is 1. The van der Waals surface area contributed by atoms with Crippen LogP contribution in [0.2, 0.25) is 0 Å². The van der Waals surface area contributed by atoms with Gasteiger partial charge in [-0.05, 0) is 36.5 Å². The highest BCUT2D eigenvalue weighted by Gasteiger charge is 2.26. The van der Waals surface area contributed by atoms with Crippen LogP contribution in [0.4, 0.5) is 14.5 Å². The molecule has 1 amide bonds. The van der Waals surface area contributed by atoms with Crippen molar-refractivity contribution in [1.82, 2.24) is 0 Å². The largest absolute Gasteiger partial charge is 0.320 e. The van der Waals surface area contributed by atoms with Gasteiger partial charge in [-0.3, -0.25) is 4.79 Å². The third-order valence-electron chi connectivity index (χ3n) is 2.50. The molecule has 0 atom stereocenters. The van der Waals surface area contributed by atoms with E-state index in [1.54, 1.807) is 0 Å². The second-order valence-corrected chi connectivity index (χ2v) is 4.08. The molecule has 0 bridgehead atoms. The van der Waals surface area contributed by atoms with Gasteiger partial charge in [0, 0.05) is 0 Å². The minimum absolute atomic E-state index is 0.266. The van der Waals surface area contributed by atoms with Gasteiger partial charge in [-0.1, -0.05) is 0 Å². The van der Waals surface area contributed by atoms with E-state index in [9.17, 15) is 13.6 Å². The van der Waals surface area contributed by atoms with Gasteiger partial charge in [0.1, 0.15) is 23.2 Å². The topological polar surface area (TPSA) is 29.1 Å². The Morgan fingerprint density at radius 1 is 1.38 bits per heavy atom. The van der Waals surface area contributed by atoms with Crippen LogP contribution in [0.3, 0.4) is 0 Å². The van der Waals surface area contributed by atoms with Gasteiger partial charge < -0.3 is 5.32 Å². The zero-order valence-corrected chi connectivity index (χ0v) is 9.15. The van der Waals surface area contributed by atoms with Crippen molar-refractivity contribution in [3.05, 3.63) is 29.3 Å². The summed E-state index contributed by atoms with van der Waals surface area (Å²) in [6.45, 7) is 0. The van der Waals surface area contributed by atoms with Crippen LogP contribution in [0.1, 0.15) is 24.3 Å².